The summed E-state index contributed by atoms with van der Waals surface area (Å²) in [5, 5.41) is 0. The molecule has 1 aliphatic heterocycles. The number of halogens is 2. The van der Waals surface area contributed by atoms with Gasteiger partial charge in [-0.2, -0.15) is 0 Å². The number of hydrogen-bond donors (Lipinski definition) is 1. The number of likely N-dealkylation sites (tertiary alicyclic amines) is 1. The van der Waals surface area contributed by atoms with Crippen molar-refractivity contribution < 1.29 is 9.53 Å². The second kappa shape index (κ2) is 8.31. The van der Waals surface area contributed by atoms with Crippen LogP contribution in [0.3, 0.4) is 0 Å². The van der Waals surface area contributed by atoms with Crippen LogP contribution < -0.4 is 5.73 Å². The maximum Gasteiger partial charge on any atom is 0.255 e. The number of nitrogens with two attached hydrogens (primary N) is 1. The smallest absolute Gasteiger partial charge is 0.255 e. The number of rotatable bonds is 3. The number of ether oxygens (including phenoxy) is 1. The van der Waals surface area contributed by atoms with Crippen molar-refractivity contribution in [3.63, 3.8) is 0 Å². The summed E-state index contributed by atoms with van der Waals surface area (Å²) < 4.78 is 6.43. The van der Waals surface area contributed by atoms with Gasteiger partial charge in [-0.1, -0.05) is 12.1 Å². The van der Waals surface area contributed by atoms with Crippen molar-refractivity contribution >= 4 is 40.9 Å². The number of amides is 1. The third-order valence-electron chi connectivity index (χ3n) is 3.96. The van der Waals surface area contributed by atoms with E-state index >= 15 is 0 Å². The van der Waals surface area contributed by atoms with E-state index in [-0.39, 0.29) is 30.5 Å². The van der Waals surface area contributed by atoms with Crippen LogP contribution in [-0.4, -0.2) is 43.2 Å². The standard InChI is InChI=1S/C15H21IN2O2.ClH/c1-10-4-3-5-13(14(10)16)15(19)18-7-6-12(20-2)8-11(18)9-17;/h3-5,11-12H,6-9,17H2,1-2H3;1H. The van der Waals surface area contributed by atoms with Crippen LogP contribution in [0, 0.1) is 10.5 Å². The summed E-state index contributed by atoms with van der Waals surface area (Å²) in [6.45, 7) is 3.22. The first-order valence-corrected chi connectivity index (χ1v) is 7.95. The van der Waals surface area contributed by atoms with E-state index < -0.39 is 0 Å². The molecule has 1 amide bonds. The minimum Gasteiger partial charge on any atom is -0.381 e. The van der Waals surface area contributed by atoms with Gasteiger partial charge in [-0.15, -0.1) is 12.4 Å². The van der Waals surface area contributed by atoms with E-state index in [4.69, 9.17) is 10.5 Å². The lowest BCUT2D eigenvalue weighted by Crippen LogP contribution is -2.51. The fourth-order valence-corrected chi connectivity index (χ4v) is 3.28. The number of nitrogens with zero attached hydrogens (tertiary/aromatic N) is 1. The molecule has 1 aliphatic rings. The molecule has 2 rings (SSSR count). The van der Waals surface area contributed by atoms with Gasteiger partial charge in [0.05, 0.1) is 11.7 Å². The van der Waals surface area contributed by atoms with Gasteiger partial charge in [-0.3, -0.25) is 4.79 Å². The Balaban J connectivity index is 0.00000220. The Labute approximate surface area is 145 Å². The number of methoxy groups -OCH3 is 1. The Morgan fingerprint density at radius 2 is 2.24 bits per heavy atom. The second-order valence-corrected chi connectivity index (χ2v) is 6.29. The van der Waals surface area contributed by atoms with E-state index in [1.807, 2.05) is 30.0 Å². The Morgan fingerprint density at radius 1 is 1.52 bits per heavy atom. The minimum atomic E-state index is 0. The third kappa shape index (κ3) is 4.09. The molecule has 1 fully saturated rings. The summed E-state index contributed by atoms with van der Waals surface area (Å²) in [4.78, 5) is 14.7. The van der Waals surface area contributed by atoms with Crippen molar-refractivity contribution in [2.45, 2.75) is 31.9 Å². The summed E-state index contributed by atoms with van der Waals surface area (Å²) in [7, 11) is 1.72. The molecule has 2 unspecified atom stereocenters. The predicted octanol–water partition coefficient (Wildman–Crippen LogP) is 2.60. The Kier molecular flexibility index (Phi) is 7.39. The van der Waals surface area contributed by atoms with Crippen molar-refractivity contribution in [2.24, 2.45) is 5.73 Å². The summed E-state index contributed by atoms with van der Waals surface area (Å²) in [6.07, 6.45) is 1.91. The maximum absolute atomic E-state index is 12.8. The zero-order valence-corrected chi connectivity index (χ0v) is 15.3. The number of piperidine rings is 1. The van der Waals surface area contributed by atoms with E-state index in [1.54, 1.807) is 7.11 Å². The van der Waals surface area contributed by atoms with Crippen molar-refractivity contribution in [1.82, 2.24) is 4.90 Å². The molecule has 1 heterocycles. The molecular weight excluding hydrogens is 403 g/mol. The molecule has 1 aromatic rings. The van der Waals surface area contributed by atoms with Gasteiger partial charge in [-0.05, 0) is 54.0 Å². The number of carbonyl (C=O) groups is 1. The van der Waals surface area contributed by atoms with Crippen molar-refractivity contribution in [3.05, 3.63) is 32.9 Å². The molecule has 21 heavy (non-hydrogen) atoms. The van der Waals surface area contributed by atoms with E-state index in [0.717, 1.165) is 27.5 Å². The minimum absolute atomic E-state index is 0. The zero-order chi connectivity index (χ0) is 14.7. The molecule has 0 bridgehead atoms. The van der Waals surface area contributed by atoms with Crippen LogP contribution in [-0.2, 0) is 4.74 Å². The lowest BCUT2D eigenvalue weighted by molar-refractivity contribution is 0.0138. The molecule has 2 N–H and O–H groups in total. The summed E-state index contributed by atoms with van der Waals surface area (Å²) in [6, 6.07) is 5.92. The third-order valence-corrected chi connectivity index (χ3v) is 5.39. The van der Waals surface area contributed by atoms with Crippen LogP contribution in [0.4, 0.5) is 0 Å². The second-order valence-electron chi connectivity index (χ2n) is 5.21. The number of carbonyl (C=O) groups excluding carboxylic acids is 1. The Morgan fingerprint density at radius 3 is 2.86 bits per heavy atom. The van der Waals surface area contributed by atoms with Gasteiger partial charge in [0.25, 0.3) is 5.91 Å². The molecule has 2 atom stereocenters. The molecule has 0 aromatic heterocycles. The molecule has 0 spiro atoms. The highest BCUT2D eigenvalue weighted by Gasteiger charge is 2.32. The van der Waals surface area contributed by atoms with Crippen molar-refractivity contribution in [1.29, 1.82) is 0 Å². The summed E-state index contributed by atoms with van der Waals surface area (Å²) >= 11 is 2.24. The topological polar surface area (TPSA) is 55.6 Å². The first-order chi connectivity index (χ1) is 9.58. The average molecular weight is 425 g/mol. The van der Waals surface area contributed by atoms with Gasteiger partial charge in [0.15, 0.2) is 0 Å². The van der Waals surface area contributed by atoms with Crippen LogP contribution in [0.25, 0.3) is 0 Å². The molecule has 1 saturated heterocycles. The normalized spacial score (nSPS) is 21.8. The highest BCUT2D eigenvalue weighted by atomic mass is 127. The fraction of sp³-hybridized carbons (Fsp3) is 0.533. The SMILES string of the molecule is COC1CCN(C(=O)c2cccc(C)c2I)C(CN)C1.Cl. The monoisotopic (exact) mass is 424 g/mol. The highest BCUT2D eigenvalue weighted by Crippen LogP contribution is 2.24. The maximum atomic E-state index is 12.8. The lowest BCUT2D eigenvalue weighted by Gasteiger charge is -2.38. The molecular formula is C15H22ClIN2O2. The van der Waals surface area contributed by atoms with E-state index in [9.17, 15) is 4.79 Å². The summed E-state index contributed by atoms with van der Waals surface area (Å²) in [5.41, 5.74) is 7.75. The van der Waals surface area contributed by atoms with Crippen LogP contribution in [0.1, 0.15) is 28.8 Å². The molecule has 0 radical (unpaired) electrons. The predicted molar refractivity (Wildman–Crippen MR) is 95.1 cm³/mol. The number of hydrogen-bond acceptors (Lipinski definition) is 3. The Hall–Kier alpha value is -0.370. The van der Waals surface area contributed by atoms with Gasteiger partial charge in [0.1, 0.15) is 0 Å². The van der Waals surface area contributed by atoms with Gasteiger partial charge >= 0.3 is 0 Å². The van der Waals surface area contributed by atoms with Crippen LogP contribution >= 0.6 is 35.0 Å². The average Bonchev–Trinajstić information content (AvgIpc) is 2.48. The largest absolute Gasteiger partial charge is 0.381 e. The molecule has 0 aliphatic carbocycles. The zero-order valence-electron chi connectivity index (χ0n) is 12.3. The van der Waals surface area contributed by atoms with Crippen LogP contribution in [0.15, 0.2) is 18.2 Å². The van der Waals surface area contributed by atoms with Crippen molar-refractivity contribution in [3.8, 4) is 0 Å². The lowest BCUT2D eigenvalue weighted by atomic mass is 9.98. The van der Waals surface area contributed by atoms with Crippen LogP contribution in [0.2, 0.25) is 0 Å². The van der Waals surface area contributed by atoms with Gasteiger partial charge < -0.3 is 15.4 Å². The first-order valence-electron chi connectivity index (χ1n) is 6.87. The fourth-order valence-electron chi connectivity index (χ4n) is 2.69. The quantitative estimate of drug-likeness (QED) is 0.759. The van der Waals surface area contributed by atoms with E-state index in [2.05, 4.69) is 22.6 Å². The van der Waals surface area contributed by atoms with Gasteiger partial charge in [0.2, 0.25) is 0 Å². The number of aryl methyl sites for hydroxylation is 1. The highest BCUT2D eigenvalue weighted by molar-refractivity contribution is 14.1. The first kappa shape index (κ1) is 18.7. The molecule has 6 heteroatoms. The van der Waals surface area contributed by atoms with Crippen LogP contribution in [0.5, 0.6) is 0 Å². The van der Waals surface area contributed by atoms with Crippen molar-refractivity contribution in [2.75, 3.05) is 20.2 Å². The molecule has 4 nitrogen and oxygen atoms in total. The molecule has 118 valence electrons. The summed E-state index contributed by atoms with van der Waals surface area (Å²) in [5.74, 6) is 0.0862. The Bertz CT molecular complexity index is 499. The molecule has 1 aromatic carbocycles. The number of benzene rings is 1. The van der Waals surface area contributed by atoms with E-state index in [0.29, 0.717) is 13.1 Å². The molecule has 0 saturated carbocycles. The van der Waals surface area contributed by atoms with Gasteiger partial charge in [-0.25, -0.2) is 0 Å². The van der Waals surface area contributed by atoms with E-state index in [1.165, 1.54) is 0 Å². The van der Waals surface area contributed by atoms with Gasteiger partial charge in [0, 0.05) is 29.8 Å².